The van der Waals surface area contributed by atoms with Gasteiger partial charge in [0.2, 0.25) is 5.95 Å². The molecule has 0 aliphatic carbocycles. The Balaban J connectivity index is 1.81. The molecule has 3 aromatic rings. The molecule has 0 unspecified atom stereocenters. The van der Waals surface area contributed by atoms with Crippen LogP contribution in [0.4, 0.5) is 5.95 Å². The Morgan fingerprint density at radius 3 is 2.60 bits per heavy atom. The lowest BCUT2D eigenvalue weighted by Crippen LogP contribution is -1.76. The predicted molar refractivity (Wildman–Crippen MR) is 87.6 cm³/mol. The molecule has 0 radical (unpaired) electrons. The first-order valence-corrected chi connectivity index (χ1v) is 7.02. The Kier molecular flexibility index (Phi) is 3.74. The lowest BCUT2D eigenvalue weighted by Gasteiger charge is -1.92. The monoisotopic (exact) mass is 325 g/mol. The second-order valence-electron chi connectivity index (χ2n) is 4.28. The number of rotatable bonds is 3. The van der Waals surface area contributed by atoms with E-state index < -0.39 is 0 Å². The van der Waals surface area contributed by atoms with E-state index in [1.165, 1.54) is 0 Å². The van der Waals surface area contributed by atoms with Gasteiger partial charge in [-0.05, 0) is 39.7 Å². The quantitative estimate of drug-likeness (QED) is 0.696. The highest BCUT2D eigenvalue weighted by Crippen LogP contribution is 2.16. The van der Waals surface area contributed by atoms with Crippen LogP contribution in [0.1, 0.15) is 5.56 Å². The second-order valence-corrected chi connectivity index (χ2v) is 5.19. The number of fused-ring (bicyclic) bond motifs is 1. The molecule has 0 bridgehead atoms. The predicted octanol–water partition coefficient (Wildman–Crippen LogP) is 4.70. The lowest BCUT2D eigenvalue weighted by atomic mass is 10.2. The van der Waals surface area contributed by atoms with Crippen molar-refractivity contribution in [2.24, 2.45) is 4.99 Å². The summed E-state index contributed by atoms with van der Waals surface area (Å²) >= 11 is 3.49. The maximum Gasteiger partial charge on any atom is 0.227 e. The van der Waals surface area contributed by atoms with Gasteiger partial charge in [0.05, 0.1) is 11.0 Å². The summed E-state index contributed by atoms with van der Waals surface area (Å²) < 4.78 is 0.893. The van der Waals surface area contributed by atoms with E-state index in [-0.39, 0.29) is 0 Å². The summed E-state index contributed by atoms with van der Waals surface area (Å²) in [6.45, 7) is 0. The fraction of sp³-hybridized carbons (Fsp3) is 0. The number of H-pyrrole nitrogens is 1. The van der Waals surface area contributed by atoms with Crippen molar-refractivity contribution in [3.05, 3.63) is 64.6 Å². The van der Waals surface area contributed by atoms with E-state index >= 15 is 0 Å². The molecule has 1 heterocycles. The molecular weight excluding hydrogens is 314 g/mol. The molecule has 0 atom stereocenters. The first kappa shape index (κ1) is 12.8. The van der Waals surface area contributed by atoms with Gasteiger partial charge < -0.3 is 4.98 Å². The highest BCUT2D eigenvalue weighted by atomic mass is 79.9. The molecule has 0 saturated heterocycles. The van der Waals surface area contributed by atoms with Gasteiger partial charge in [0.1, 0.15) is 0 Å². The first-order valence-electron chi connectivity index (χ1n) is 6.22. The van der Waals surface area contributed by atoms with Crippen molar-refractivity contribution in [2.75, 3.05) is 0 Å². The van der Waals surface area contributed by atoms with Crippen LogP contribution >= 0.6 is 15.9 Å². The van der Waals surface area contributed by atoms with Crippen molar-refractivity contribution < 1.29 is 0 Å². The average molecular weight is 326 g/mol. The number of aromatic nitrogens is 2. The highest BCUT2D eigenvalue weighted by Gasteiger charge is 1.98. The summed E-state index contributed by atoms with van der Waals surface area (Å²) in [6, 6.07) is 17.9. The minimum Gasteiger partial charge on any atom is -0.322 e. The maximum atomic E-state index is 4.39. The van der Waals surface area contributed by atoms with Crippen molar-refractivity contribution in [1.29, 1.82) is 0 Å². The number of aromatic amines is 1. The van der Waals surface area contributed by atoms with Crippen molar-refractivity contribution in [1.82, 2.24) is 9.97 Å². The van der Waals surface area contributed by atoms with Gasteiger partial charge in [-0.1, -0.05) is 42.5 Å². The van der Waals surface area contributed by atoms with Crippen molar-refractivity contribution in [2.45, 2.75) is 0 Å². The van der Waals surface area contributed by atoms with Gasteiger partial charge in [0.25, 0.3) is 0 Å². The number of hydrogen-bond acceptors (Lipinski definition) is 2. The van der Waals surface area contributed by atoms with Crippen LogP contribution in [-0.2, 0) is 0 Å². The van der Waals surface area contributed by atoms with Crippen LogP contribution in [0, 0.1) is 0 Å². The number of halogens is 1. The van der Waals surface area contributed by atoms with E-state index in [4.69, 9.17) is 0 Å². The minimum atomic E-state index is 0.601. The van der Waals surface area contributed by atoms with Crippen LogP contribution in [0.3, 0.4) is 0 Å². The van der Waals surface area contributed by atoms with Gasteiger partial charge in [0, 0.05) is 10.7 Å². The number of aliphatic imine (C=N–C) groups is 1. The van der Waals surface area contributed by atoms with E-state index in [1.54, 1.807) is 6.21 Å². The molecule has 0 saturated carbocycles. The molecule has 98 valence electrons. The van der Waals surface area contributed by atoms with Gasteiger partial charge in [-0.3, -0.25) is 0 Å². The van der Waals surface area contributed by atoms with Gasteiger partial charge in [-0.2, -0.15) is 0 Å². The number of benzene rings is 2. The van der Waals surface area contributed by atoms with Crippen molar-refractivity contribution in [3.8, 4) is 0 Å². The smallest absolute Gasteiger partial charge is 0.227 e. The zero-order chi connectivity index (χ0) is 13.8. The average Bonchev–Trinajstić information content (AvgIpc) is 2.89. The van der Waals surface area contributed by atoms with Crippen molar-refractivity contribution in [3.63, 3.8) is 0 Å². The van der Waals surface area contributed by atoms with Crippen LogP contribution in [-0.4, -0.2) is 16.2 Å². The van der Waals surface area contributed by atoms with Crippen LogP contribution < -0.4 is 0 Å². The van der Waals surface area contributed by atoms with E-state index in [1.807, 2.05) is 60.7 Å². The number of allylic oxidation sites excluding steroid dienone is 1. The number of nitrogens with zero attached hydrogens (tertiary/aromatic N) is 2. The molecule has 4 heteroatoms. The van der Waals surface area contributed by atoms with Gasteiger partial charge in [-0.15, -0.1) is 0 Å². The van der Waals surface area contributed by atoms with E-state index in [0.717, 1.165) is 21.1 Å². The molecule has 0 spiro atoms. The molecule has 0 aliphatic heterocycles. The Hall–Kier alpha value is -2.20. The van der Waals surface area contributed by atoms with Gasteiger partial charge in [0.15, 0.2) is 0 Å². The van der Waals surface area contributed by atoms with Gasteiger partial charge in [-0.25, -0.2) is 9.98 Å². The number of imidazole rings is 1. The zero-order valence-electron chi connectivity index (χ0n) is 10.6. The largest absolute Gasteiger partial charge is 0.322 e. The number of nitrogens with one attached hydrogen (secondary N) is 1. The standard InChI is InChI=1S/C16H12BrN3/c17-13(10-12-6-2-1-3-7-12)11-18-16-19-14-8-4-5-9-15(14)20-16/h1-11H,(H,19,20)/b13-10+,18-11+. The van der Waals surface area contributed by atoms with Crippen LogP contribution in [0.2, 0.25) is 0 Å². The van der Waals surface area contributed by atoms with Gasteiger partial charge >= 0.3 is 0 Å². The van der Waals surface area contributed by atoms with Crippen molar-refractivity contribution >= 4 is 45.2 Å². The normalized spacial score (nSPS) is 12.3. The number of para-hydroxylation sites is 2. The molecule has 3 rings (SSSR count). The summed E-state index contributed by atoms with van der Waals surface area (Å²) in [7, 11) is 0. The number of hydrogen-bond donors (Lipinski definition) is 1. The summed E-state index contributed by atoms with van der Waals surface area (Å²) in [5, 5.41) is 0. The first-order chi connectivity index (χ1) is 9.81. The second kappa shape index (κ2) is 5.84. The highest BCUT2D eigenvalue weighted by molar-refractivity contribution is 9.12. The van der Waals surface area contributed by atoms with Crippen LogP contribution in [0.25, 0.3) is 17.1 Å². The fourth-order valence-electron chi connectivity index (χ4n) is 1.87. The molecule has 0 fully saturated rings. The Morgan fingerprint density at radius 1 is 1.05 bits per heavy atom. The lowest BCUT2D eigenvalue weighted by molar-refractivity contribution is 1.27. The maximum absolute atomic E-state index is 4.39. The fourth-order valence-corrected chi connectivity index (χ4v) is 2.24. The molecule has 3 nitrogen and oxygen atoms in total. The summed E-state index contributed by atoms with van der Waals surface area (Å²) in [5.41, 5.74) is 3.03. The topological polar surface area (TPSA) is 41.0 Å². The Labute approximate surface area is 125 Å². The van der Waals surface area contributed by atoms with Crippen LogP contribution in [0.5, 0.6) is 0 Å². The molecule has 2 aromatic carbocycles. The summed E-state index contributed by atoms with van der Waals surface area (Å²) in [4.78, 5) is 11.9. The van der Waals surface area contributed by atoms with Crippen LogP contribution in [0.15, 0.2) is 64.1 Å². The molecule has 1 aromatic heterocycles. The molecule has 0 aliphatic rings. The van der Waals surface area contributed by atoms with E-state index in [9.17, 15) is 0 Å². The van der Waals surface area contributed by atoms with E-state index in [0.29, 0.717) is 5.95 Å². The summed E-state index contributed by atoms with van der Waals surface area (Å²) in [6.07, 6.45) is 3.75. The Bertz CT molecular complexity index is 740. The van der Waals surface area contributed by atoms with E-state index in [2.05, 4.69) is 30.9 Å². The Morgan fingerprint density at radius 2 is 1.80 bits per heavy atom. The third-order valence-corrected chi connectivity index (χ3v) is 3.22. The molecular formula is C16H12BrN3. The zero-order valence-corrected chi connectivity index (χ0v) is 12.2. The summed E-state index contributed by atoms with van der Waals surface area (Å²) in [5.74, 6) is 0.601. The molecule has 0 amide bonds. The third-order valence-electron chi connectivity index (χ3n) is 2.79. The molecule has 20 heavy (non-hydrogen) atoms. The minimum absolute atomic E-state index is 0.601. The third kappa shape index (κ3) is 3.03. The molecule has 1 N–H and O–H groups in total. The SMILES string of the molecule is BrC(/C=N/c1nc2ccccc2[nH]1)=C/c1ccccc1.